The highest BCUT2D eigenvalue weighted by Gasteiger charge is 2.21. The predicted octanol–water partition coefficient (Wildman–Crippen LogP) is 0.571. The first-order valence-corrected chi connectivity index (χ1v) is 3.94. The molecule has 1 aliphatic rings. The molecule has 1 unspecified atom stereocenters. The first kappa shape index (κ1) is 6.77. The van der Waals surface area contributed by atoms with Crippen LogP contribution in [0.25, 0.3) is 0 Å². The van der Waals surface area contributed by atoms with Crippen molar-refractivity contribution in [2.45, 2.75) is 16.4 Å². The van der Waals surface area contributed by atoms with E-state index in [1.807, 2.05) is 0 Å². The molecule has 1 saturated heterocycles. The maximum absolute atomic E-state index is 8.56. The monoisotopic (exact) mass is 228 g/mol. The van der Waals surface area contributed by atoms with Gasteiger partial charge < -0.3 is 9.84 Å². The van der Waals surface area contributed by atoms with Gasteiger partial charge in [-0.3, -0.25) is 0 Å². The van der Waals surface area contributed by atoms with E-state index in [4.69, 9.17) is 9.84 Å². The first-order chi connectivity index (χ1) is 3.83. The number of alkyl halides is 1. The van der Waals surface area contributed by atoms with Crippen molar-refractivity contribution >= 4 is 22.6 Å². The molecule has 0 aromatic rings. The van der Waals surface area contributed by atoms with Gasteiger partial charge in [0.1, 0.15) is 0 Å². The van der Waals surface area contributed by atoms with E-state index in [0.717, 1.165) is 13.0 Å². The van der Waals surface area contributed by atoms with Gasteiger partial charge in [0.25, 0.3) is 0 Å². The van der Waals surface area contributed by atoms with Crippen LogP contribution in [0.1, 0.15) is 6.42 Å². The topological polar surface area (TPSA) is 29.5 Å². The molecule has 8 heavy (non-hydrogen) atoms. The quantitative estimate of drug-likeness (QED) is 0.525. The number of aliphatic hydroxyl groups excluding tert-OH is 1. The third-order valence-corrected chi connectivity index (χ3v) is 2.10. The van der Waals surface area contributed by atoms with E-state index in [-0.39, 0.29) is 12.7 Å². The molecule has 1 fully saturated rings. The van der Waals surface area contributed by atoms with Crippen LogP contribution in [0, 0.1) is 0 Å². The number of hydrogen-bond acceptors (Lipinski definition) is 2. The van der Waals surface area contributed by atoms with Crippen molar-refractivity contribution < 1.29 is 9.84 Å². The minimum atomic E-state index is 0.122. The Kier molecular flexibility index (Phi) is 2.52. The number of aliphatic hydroxyl groups is 1. The minimum absolute atomic E-state index is 0.122. The first-order valence-electron chi connectivity index (χ1n) is 2.69. The van der Waals surface area contributed by atoms with Crippen molar-refractivity contribution in [1.82, 2.24) is 0 Å². The lowest BCUT2D eigenvalue weighted by molar-refractivity contribution is 0.0594. The van der Waals surface area contributed by atoms with Crippen molar-refractivity contribution in [3.63, 3.8) is 0 Å². The fourth-order valence-corrected chi connectivity index (χ4v) is 1.56. The molecular formula is C5H9IO2. The van der Waals surface area contributed by atoms with E-state index in [9.17, 15) is 0 Å². The Bertz CT molecular complexity index is 76.8. The van der Waals surface area contributed by atoms with Crippen molar-refractivity contribution in [2.75, 3.05) is 13.2 Å². The normalized spacial score (nSPS) is 38.2. The molecular weight excluding hydrogens is 219 g/mol. The molecule has 2 atom stereocenters. The molecule has 2 nitrogen and oxygen atoms in total. The van der Waals surface area contributed by atoms with Crippen LogP contribution in [0.5, 0.6) is 0 Å². The van der Waals surface area contributed by atoms with Gasteiger partial charge in [0.05, 0.1) is 19.3 Å². The van der Waals surface area contributed by atoms with E-state index in [0.29, 0.717) is 3.92 Å². The van der Waals surface area contributed by atoms with Crippen molar-refractivity contribution in [2.24, 2.45) is 0 Å². The van der Waals surface area contributed by atoms with Crippen LogP contribution in [-0.4, -0.2) is 28.3 Å². The van der Waals surface area contributed by atoms with Gasteiger partial charge in [-0.25, -0.2) is 0 Å². The molecule has 0 aromatic carbocycles. The number of ether oxygens (including phenoxy) is 1. The van der Waals surface area contributed by atoms with Gasteiger partial charge in [-0.2, -0.15) is 0 Å². The summed E-state index contributed by atoms with van der Waals surface area (Å²) in [6.07, 6.45) is 1.13. The standard InChI is InChI=1S/C5H9IO2/c6-4-1-5(2-7)8-3-4/h4-5,7H,1-3H2/t4?,5-/m0/s1. The Balaban J connectivity index is 2.22. The average molecular weight is 228 g/mol. The smallest absolute Gasteiger partial charge is 0.0817 e. The molecule has 1 heterocycles. The Morgan fingerprint density at radius 3 is 2.75 bits per heavy atom. The maximum atomic E-state index is 8.56. The van der Waals surface area contributed by atoms with Gasteiger partial charge in [0, 0.05) is 3.92 Å². The summed E-state index contributed by atoms with van der Waals surface area (Å²) in [5, 5.41) is 8.56. The molecule has 0 bridgehead atoms. The zero-order valence-corrected chi connectivity index (χ0v) is 6.67. The number of halogens is 1. The fraction of sp³-hybridized carbons (Fsp3) is 1.00. The summed E-state index contributed by atoms with van der Waals surface area (Å²) in [6, 6.07) is 0. The molecule has 3 heteroatoms. The van der Waals surface area contributed by atoms with Crippen LogP contribution >= 0.6 is 22.6 Å². The summed E-state index contributed by atoms with van der Waals surface area (Å²) in [6.45, 7) is 0.991. The molecule has 0 aromatic heterocycles. The molecule has 0 saturated carbocycles. The minimum Gasteiger partial charge on any atom is -0.394 e. The lowest BCUT2D eigenvalue weighted by Crippen LogP contribution is -2.09. The highest BCUT2D eigenvalue weighted by Crippen LogP contribution is 2.19. The van der Waals surface area contributed by atoms with Crippen molar-refractivity contribution in [3.05, 3.63) is 0 Å². The second kappa shape index (κ2) is 2.98. The maximum Gasteiger partial charge on any atom is 0.0817 e. The summed E-state index contributed by atoms with van der Waals surface area (Å²) >= 11 is 2.33. The van der Waals surface area contributed by atoms with Gasteiger partial charge >= 0.3 is 0 Å². The lowest BCUT2D eigenvalue weighted by atomic mass is 10.2. The molecule has 0 radical (unpaired) electrons. The fourth-order valence-electron chi connectivity index (χ4n) is 0.789. The second-order valence-corrected chi connectivity index (χ2v) is 3.73. The summed E-state index contributed by atoms with van der Waals surface area (Å²) in [7, 11) is 0. The largest absolute Gasteiger partial charge is 0.394 e. The second-order valence-electron chi connectivity index (χ2n) is 1.97. The summed E-state index contributed by atoms with van der Waals surface area (Å²) < 4.78 is 5.77. The zero-order valence-electron chi connectivity index (χ0n) is 4.51. The highest BCUT2D eigenvalue weighted by atomic mass is 127. The van der Waals surface area contributed by atoms with Crippen LogP contribution in [0.15, 0.2) is 0 Å². The van der Waals surface area contributed by atoms with Gasteiger partial charge in [-0.1, -0.05) is 22.6 Å². The van der Waals surface area contributed by atoms with E-state index in [2.05, 4.69) is 22.6 Å². The van der Waals surface area contributed by atoms with Crippen LogP contribution in [0.2, 0.25) is 0 Å². The highest BCUT2D eigenvalue weighted by molar-refractivity contribution is 14.1. The van der Waals surface area contributed by atoms with Crippen LogP contribution < -0.4 is 0 Å². The Morgan fingerprint density at radius 2 is 2.50 bits per heavy atom. The summed E-state index contributed by atoms with van der Waals surface area (Å²) in [5.74, 6) is 0. The van der Waals surface area contributed by atoms with Gasteiger partial charge in [-0.15, -0.1) is 0 Å². The SMILES string of the molecule is OC[C@@H]1CC(I)CO1. The van der Waals surface area contributed by atoms with Crippen LogP contribution in [0.4, 0.5) is 0 Å². The van der Waals surface area contributed by atoms with Crippen LogP contribution in [-0.2, 0) is 4.74 Å². The Hall–Kier alpha value is 0.650. The Morgan fingerprint density at radius 1 is 1.75 bits per heavy atom. The van der Waals surface area contributed by atoms with Crippen molar-refractivity contribution in [1.29, 1.82) is 0 Å². The molecule has 1 aliphatic heterocycles. The van der Waals surface area contributed by atoms with E-state index < -0.39 is 0 Å². The lowest BCUT2D eigenvalue weighted by Gasteiger charge is -2.00. The van der Waals surface area contributed by atoms with E-state index in [1.165, 1.54) is 0 Å². The molecule has 1 N–H and O–H groups in total. The third kappa shape index (κ3) is 1.56. The number of rotatable bonds is 1. The Labute approximate surface area is 62.4 Å². The summed E-state index contributed by atoms with van der Waals surface area (Å²) in [5.41, 5.74) is 0. The van der Waals surface area contributed by atoms with Gasteiger partial charge in [0.15, 0.2) is 0 Å². The van der Waals surface area contributed by atoms with E-state index in [1.54, 1.807) is 0 Å². The molecule has 0 spiro atoms. The summed E-state index contributed by atoms with van der Waals surface area (Å²) in [4.78, 5) is 0. The molecule has 0 amide bonds. The molecule has 0 aliphatic carbocycles. The van der Waals surface area contributed by atoms with Gasteiger partial charge in [-0.05, 0) is 6.42 Å². The number of hydrogen-bond donors (Lipinski definition) is 1. The van der Waals surface area contributed by atoms with Crippen molar-refractivity contribution in [3.8, 4) is 0 Å². The zero-order chi connectivity index (χ0) is 5.98. The van der Waals surface area contributed by atoms with Gasteiger partial charge in [0.2, 0.25) is 0 Å². The predicted molar refractivity (Wildman–Crippen MR) is 39.3 cm³/mol. The average Bonchev–Trinajstić information content (AvgIpc) is 2.14. The van der Waals surface area contributed by atoms with E-state index >= 15 is 0 Å². The molecule has 1 rings (SSSR count). The van der Waals surface area contributed by atoms with Crippen LogP contribution in [0.3, 0.4) is 0 Å². The molecule has 48 valence electrons. The third-order valence-electron chi connectivity index (χ3n) is 1.24.